The zero-order valence-corrected chi connectivity index (χ0v) is 11.3. The van der Waals surface area contributed by atoms with E-state index in [1.807, 2.05) is 37.1 Å². The summed E-state index contributed by atoms with van der Waals surface area (Å²) in [6, 6.07) is 1.89. The van der Waals surface area contributed by atoms with Gasteiger partial charge in [0.05, 0.1) is 19.3 Å². The van der Waals surface area contributed by atoms with Crippen LogP contribution in [0.25, 0.3) is 0 Å². The fourth-order valence-corrected chi connectivity index (χ4v) is 1.59. The molecule has 0 amide bonds. The van der Waals surface area contributed by atoms with E-state index in [0.29, 0.717) is 13.1 Å². The van der Waals surface area contributed by atoms with Crippen LogP contribution in [0, 0.1) is 6.92 Å². The van der Waals surface area contributed by atoms with Gasteiger partial charge in [-0.1, -0.05) is 0 Å². The van der Waals surface area contributed by atoms with Crippen LogP contribution in [0.4, 0.5) is 5.82 Å². The molecule has 0 bridgehead atoms. The molecule has 0 spiro atoms. The Morgan fingerprint density at radius 3 is 2.83 bits per heavy atom. The smallest absolute Gasteiger partial charge is 0.148 e. The van der Waals surface area contributed by atoms with Gasteiger partial charge >= 0.3 is 0 Å². The quantitative estimate of drug-likeness (QED) is 0.850. The molecule has 0 unspecified atom stereocenters. The van der Waals surface area contributed by atoms with Crippen LogP contribution in [0.1, 0.15) is 11.3 Å². The fraction of sp³-hybridized carbons (Fsp3) is 0.455. The Morgan fingerprint density at radius 1 is 1.44 bits per heavy atom. The topological polar surface area (TPSA) is 67.9 Å². The molecule has 18 heavy (non-hydrogen) atoms. The van der Waals surface area contributed by atoms with Crippen LogP contribution in [0.3, 0.4) is 0 Å². The zero-order valence-electron chi connectivity index (χ0n) is 10.5. The summed E-state index contributed by atoms with van der Waals surface area (Å²) in [7, 11) is 1.93. The predicted molar refractivity (Wildman–Crippen MR) is 71.8 cm³/mol. The molecule has 0 aliphatic carbocycles. The van der Waals surface area contributed by atoms with Gasteiger partial charge in [-0.05, 0) is 6.92 Å². The van der Waals surface area contributed by atoms with Gasteiger partial charge < -0.3 is 10.4 Å². The van der Waals surface area contributed by atoms with E-state index in [9.17, 15) is 0 Å². The number of hydrogen-bond donors (Lipinski definition) is 2. The van der Waals surface area contributed by atoms with Crippen LogP contribution in [0.15, 0.2) is 18.5 Å². The van der Waals surface area contributed by atoms with Crippen LogP contribution in [-0.4, -0.2) is 31.3 Å². The second kappa shape index (κ2) is 6.42. The molecule has 2 aromatic heterocycles. The maximum atomic E-state index is 8.78. The van der Waals surface area contributed by atoms with Gasteiger partial charge in [0.15, 0.2) is 0 Å². The van der Waals surface area contributed by atoms with Gasteiger partial charge in [0, 0.05) is 37.1 Å². The summed E-state index contributed by atoms with van der Waals surface area (Å²) in [5.74, 6) is 0.807. The molecule has 6 nitrogen and oxygen atoms in total. The summed E-state index contributed by atoms with van der Waals surface area (Å²) in [4.78, 5) is 0. The van der Waals surface area contributed by atoms with Crippen molar-refractivity contribution in [1.82, 2.24) is 19.6 Å². The van der Waals surface area contributed by atoms with Gasteiger partial charge in [0.25, 0.3) is 0 Å². The number of nitrogens with one attached hydrogen (secondary N) is 1. The minimum absolute atomic E-state index is 0. The molecule has 2 aromatic rings. The minimum atomic E-state index is 0. The Labute approximate surface area is 112 Å². The number of aliphatic hydroxyl groups excluding tert-OH is 1. The number of rotatable bonds is 5. The van der Waals surface area contributed by atoms with Gasteiger partial charge in [-0.3, -0.25) is 9.36 Å². The standard InChI is InChI=1S/C11H17N5O.ClH/c1-9-10(8-13-15(9)2)7-12-11-3-4-16(14-11)5-6-17;/h3-4,8,17H,5-7H2,1-2H3,(H,12,14);1H. The van der Waals surface area contributed by atoms with E-state index in [1.165, 1.54) is 0 Å². The summed E-state index contributed by atoms with van der Waals surface area (Å²) in [6.07, 6.45) is 3.70. The first-order valence-electron chi connectivity index (χ1n) is 5.56. The summed E-state index contributed by atoms with van der Waals surface area (Å²) in [5, 5.41) is 20.5. The number of aryl methyl sites for hydroxylation is 1. The third kappa shape index (κ3) is 3.24. The number of nitrogens with zero attached hydrogens (tertiary/aromatic N) is 4. The normalized spacial score (nSPS) is 10.2. The molecular weight excluding hydrogens is 254 g/mol. The Bertz CT molecular complexity index is 493. The van der Waals surface area contributed by atoms with Crippen molar-refractivity contribution in [2.24, 2.45) is 7.05 Å². The molecule has 0 fully saturated rings. The molecule has 0 aromatic carbocycles. The maximum Gasteiger partial charge on any atom is 0.148 e. The monoisotopic (exact) mass is 271 g/mol. The first-order valence-corrected chi connectivity index (χ1v) is 5.56. The Kier molecular flexibility index (Phi) is 5.18. The lowest BCUT2D eigenvalue weighted by atomic mass is 10.2. The van der Waals surface area contributed by atoms with Crippen molar-refractivity contribution in [3.8, 4) is 0 Å². The third-order valence-electron chi connectivity index (χ3n) is 2.77. The SMILES string of the molecule is Cc1c(CNc2ccn(CCO)n2)cnn1C.Cl. The van der Waals surface area contributed by atoms with E-state index in [1.54, 1.807) is 4.68 Å². The van der Waals surface area contributed by atoms with Gasteiger partial charge in [-0.15, -0.1) is 12.4 Å². The van der Waals surface area contributed by atoms with Gasteiger partial charge in [-0.25, -0.2) is 0 Å². The molecule has 0 aliphatic rings. The maximum absolute atomic E-state index is 8.78. The molecule has 2 heterocycles. The van der Waals surface area contributed by atoms with Crippen molar-refractivity contribution in [2.75, 3.05) is 11.9 Å². The highest BCUT2D eigenvalue weighted by molar-refractivity contribution is 5.85. The van der Waals surface area contributed by atoms with Crippen molar-refractivity contribution in [3.63, 3.8) is 0 Å². The van der Waals surface area contributed by atoms with Crippen LogP contribution in [0.5, 0.6) is 0 Å². The highest BCUT2D eigenvalue weighted by Gasteiger charge is 2.04. The first kappa shape index (κ1) is 14.5. The zero-order chi connectivity index (χ0) is 12.3. The van der Waals surface area contributed by atoms with E-state index < -0.39 is 0 Å². The highest BCUT2D eigenvalue weighted by Crippen LogP contribution is 2.09. The van der Waals surface area contributed by atoms with Gasteiger partial charge in [0.2, 0.25) is 0 Å². The number of hydrogen-bond acceptors (Lipinski definition) is 4. The predicted octanol–water partition coefficient (Wildman–Crippen LogP) is 0.951. The van der Waals surface area contributed by atoms with Crippen molar-refractivity contribution in [2.45, 2.75) is 20.0 Å². The van der Waals surface area contributed by atoms with Crippen LogP contribution in [0.2, 0.25) is 0 Å². The molecule has 0 saturated heterocycles. The largest absolute Gasteiger partial charge is 0.394 e. The Hall–Kier alpha value is -1.53. The number of aromatic nitrogens is 4. The number of anilines is 1. The van der Waals surface area contributed by atoms with Crippen LogP contribution >= 0.6 is 12.4 Å². The van der Waals surface area contributed by atoms with E-state index >= 15 is 0 Å². The fourth-order valence-electron chi connectivity index (χ4n) is 1.59. The van der Waals surface area contributed by atoms with Crippen LogP contribution < -0.4 is 5.32 Å². The lowest BCUT2D eigenvalue weighted by Gasteiger charge is -2.02. The molecule has 2 N–H and O–H groups in total. The summed E-state index contributed by atoms with van der Waals surface area (Å²) >= 11 is 0. The van der Waals surface area contributed by atoms with E-state index in [2.05, 4.69) is 15.5 Å². The van der Waals surface area contributed by atoms with Crippen molar-refractivity contribution >= 4 is 18.2 Å². The van der Waals surface area contributed by atoms with Crippen LogP contribution in [-0.2, 0) is 20.1 Å². The van der Waals surface area contributed by atoms with Crippen molar-refractivity contribution in [1.29, 1.82) is 0 Å². The third-order valence-corrected chi connectivity index (χ3v) is 2.77. The number of aliphatic hydroxyl groups is 1. The molecule has 2 rings (SSSR count). The summed E-state index contributed by atoms with van der Waals surface area (Å²) in [6.45, 7) is 3.36. The summed E-state index contributed by atoms with van der Waals surface area (Å²) in [5.41, 5.74) is 2.30. The van der Waals surface area contributed by atoms with E-state index in [4.69, 9.17) is 5.11 Å². The molecule has 100 valence electrons. The van der Waals surface area contributed by atoms with Gasteiger partial charge in [-0.2, -0.15) is 10.2 Å². The first-order chi connectivity index (χ1) is 8.20. The second-order valence-electron chi connectivity index (χ2n) is 3.92. The summed E-state index contributed by atoms with van der Waals surface area (Å²) < 4.78 is 3.56. The highest BCUT2D eigenvalue weighted by atomic mass is 35.5. The van der Waals surface area contributed by atoms with E-state index in [0.717, 1.165) is 17.1 Å². The molecule has 0 saturated carbocycles. The number of halogens is 1. The molecule has 0 atom stereocenters. The lowest BCUT2D eigenvalue weighted by Crippen LogP contribution is -2.05. The van der Waals surface area contributed by atoms with E-state index in [-0.39, 0.29) is 19.0 Å². The average molecular weight is 272 g/mol. The molecule has 0 radical (unpaired) electrons. The minimum Gasteiger partial charge on any atom is -0.394 e. The Balaban J connectivity index is 0.00000162. The molecular formula is C11H18ClN5O. The average Bonchev–Trinajstić information content (AvgIpc) is 2.87. The van der Waals surface area contributed by atoms with Crippen molar-refractivity contribution in [3.05, 3.63) is 29.7 Å². The molecule has 0 aliphatic heterocycles. The van der Waals surface area contributed by atoms with Gasteiger partial charge in [0.1, 0.15) is 5.82 Å². The van der Waals surface area contributed by atoms with Crippen molar-refractivity contribution < 1.29 is 5.11 Å². The Morgan fingerprint density at radius 2 is 2.22 bits per heavy atom. The lowest BCUT2D eigenvalue weighted by molar-refractivity contribution is 0.269. The molecule has 7 heteroatoms. The second-order valence-corrected chi connectivity index (χ2v) is 3.92.